The molecule has 0 amide bonds. The lowest BCUT2D eigenvalue weighted by Crippen LogP contribution is -2.57. The van der Waals surface area contributed by atoms with Gasteiger partial charge in [0.2, 0.25) is 12.4 Å². The number of aliphatic hydroxyl groups excluding tert-OH is 1. The van der Waals surface area contributed by atoms with Crippen molar-refractivity contribution in [2.24, 2.45) is 11.8 Å². The summed E-state index contributed by atoms with van der Waals surface area (Å²) in [5.41, 5.74) is 0. The van der Waals surface area contributed by atoms with E-state index in [9.17, 15) is 5.11 Å². The molecule has 5 heteroatoms. The molecule has 0 spiro atoms. The first-order valence-electron chi connectivity index (χ1n) is 6.31. The topological polar surface area (TPSA) is 84.5 Å². The van der Waals surface area contributed by atoms with Gasteiger partial charge in [0.1, 0.15) is 0 Å². The van der Waals surface area contributed by atoms with Crippen molar-refractivity contribution in [3.63, 3.8) is 0 Å². The monoisotopic (exact) mass is 250 g/mol. The molecule has 0 radical (unpaired) electrons. The van der Waals surface area contributed by atoms with E-state index in [0.29, 0.717) is 12.5 Å². The first-order valence-corrected chi connectivity index (χ1v) is 6.31. The van der Waals surface area contributed by atoms with E-state index in [1.54, 1.807) is 7.11 Å². The SMILES string of the molecule is CCC(CC)[C@@H]1C(COC)O[C@H](O)C([OH2+])C1[OH2+]. The van der Waals surface area contributed by atoms with Crippen LogP contribution in [0.15, 0.2) is 0 Å². The van der Waals surface area contributed by atoms with Gasteiger partial charge in [0, 0.05) is 7.11 Å². The molecule has 1 aliphatic heterocycles. The average molecular weight is 250 g/mol. The Bertz CT molecular complexity index is 219. The molecule has 0 aromatic rings. The van der Waals surface area contributed by atoms with Crippen molar-refractivity contribution in [1.82, 2.24) is 0 Å². The van der Waals surface area contributed by atoms with Crippen LogP contribution in [0.4, 0.5) is 0 Å². The molecule has 1 heterocycles. The molecule has 5 N–H and O–H groups in total. The van der Waals surface area contributed by atoms with Crippen LogP contribution in [0.5, 0.6) is 0 Å². The van der Waals surface area contributed by atoms with E-state index in [1.807, 2.05) is 0 Å². The molecule has 0 aliphatic carbocycles. The van der Waals surface area contributed by atoms with E-state index >= 15 is 0 Å². The molecular weight excluding hydrogens is 224 g/mol. The van der Waals surface area contributed by atoms with Crippen LogP contribution in [0.3, 0.4) is 0 Å². The van der Waals surface area contributed by atoms with Gasteiger partial charge in [-0.1, -0.05) is 26.7 Å². The van der Waals surface area contributed by atoms with Crippen molar-refractivity contribution < 1.29 is 24.8 Å². The summed E-state index contributed by atoms with van der Waals surface area (Å²) in [6, 6.07) is 0. The quantitative estimate of drug-likeness (QED) is 0.673. The summed E-state index contributed by atoms with van der Waals surface area (Å²) in [4.78, 5) is 0. The molecule has 102 valence electrons. The maximum Gasteiger partial charge on any atom is 0.277 e. The van der Waals surface area contributed by atoms with Crippen molar-refractivity contribution >= 4 is 0 Å². The third-order valence-electron chi connectivity index (χ3n) is 3.78. The lowest BCUT2D eigenvalue weighted by molar-refractivity contribution is -0.282. The number of ether oxygens (including phenoxy) is 2. The van der Waals surface area contributed by atoms with Crippen molar-refractivity contribution in [2.75, 3.05) is 13.7 Å². The second kappa shape index (κ2) is 6.66. The fourth-order valence-electron chi connectivity index (χ4n) is 2.75. The minimum atomic E-state index is -1.16. The van der Waals surface area contributed by atoms with E-state index in [4.69, 9.17) is 19.7 Å². The van der Waals surface area contributed by atoms with Crippen molar-refractivity contribution in [3.8, 4) is 0 Å². The van der Waals surface area contributed by atoms with Crippen molar-refractivity contribution in [3.05, 3.63) is 0 Å². The Morgan fingerprint density at radius 1 is 1.24 bits per heavy atom. The first-order chi connectivity index (χ1) is 8.06. The fraction of sp³-hybridized carbons (Fsp3) is 1.00. The van der Waals surface area contributed by atoms with Crippen LogP contribution in [0.1, 0.15) is 26.7 Å². The van der Waals surface area contributed by atoms with Crippen LogP contribution in [0, 0.1) is 11.8 Å². The smallest absolute Gasteiger partial charge is 0.277 e. The molecule has 1 aliphatic rings. The number of rotatable bonds is 5. The highest BCUT2D eigenvalue weighted by atomic mass is 16.6. The van der Waals surface area contributed by atoms with Crippen LogP contribution in [-0.4, -0.2) is 53.6 Å². The summed E-state index contributed by atoms with van der Waals surface area (Å²) in [5.74, 6) is 0.314. The van der Waals surface area contributed by atoms with Gasteiger partial charge in [0.05, 0.1) is 18.6 Å². The Labute approximate surface area is 102 Å². The minimum absolute atomic E-state index is 0.0316. The van der Waals surface area contributed by atoms with Crippen LogP contribution in [-0.2, 0) is 9.47 Å². The lowest BCUT2D eigenvalue weighted by Gasteiger charge is -2.39. The van der Waals surface area contributed by atoms with Crippen LogP contribution in [0.25, 0.3) is 0 Å². The summed E-state index contributed by atoms with van der Waals surface area (Å²) in [5, 5.41) is 25.5. The predicted molar refractivity (Wildman–Crippen MR) is 65.1 cm³/mol. The third kappa shape index (κ3) is 3.17. The molecule has 17 heavy (non-hydrogen) atoms. The van der Waals surface area contributed by atoms with Gasteiger partial charge < -0.3 is 24.8 Å². The zero-order valence-corrected chi connectivity index (χ0v) is 10.8. The number of aliphatic hydroxyl groups is 1. The fourth-order valence-corrected chi connectivity index (χ4v) is 2.75. The van der Waals surface area contributed by atoms with Crippen LogP contribution >= 0.6 is 0 Å². The van der Waals surface area contributed by atoms with E-state index < -0.39 is 18.5 Å². The van der Waals surface area contributed by atoms with Gasteiger partial charge in [0.15, 0.2) is 0 Å². The molecule has 5 atom stereocenters. The zero-order chi connectivity index (χ0) is 13.0. The molecule has 1 rings (SSSR count). The van der Waals surface area contributed by atoms with Crippen LogP contribution in [0.2, 0.25) is 0 Å². The van der Waals surface area contributed by atoms with Gasteiger partial charge in [-0.2, -0.15) is 0 Å². The van der Waals surface area contributed by atoms with E-state index in [0.717, 1.165) is 12.8 Å². The largest absolute Gasteiger partial charge is 0.437 e. The Kier molecular flexibility index (Phi) is 5.82. The highest BCUT2D eigenvalue weighted by molar-refractivity contribution is 4.91. The molecule has 1 fully saturated rings. The zero-order valence-electron chi connectivity index (χ0n) is 10.8. The van der Waals surface area contributed by atoms with E-state index in [2.05, 4.69) is 13.8 Å². The number of hydrogen-bond donors (Lipinski definition) is 1. The normalized spacial score (nSPS) is 38.6. The molecule has 0 bridgehead atoms. The van der Waals surface area contributed by atoms with Crippen molar-refractivity contribution in [2.45, 2.75) is 51.3 Å². The van der Waals surface area contributed by atoms with Gasteiger partial charge in [-0.25, -0.2) is 0 Å². The van der Waals surface area contributed by atoms with E-state index in [1.165, 1.54) is 0 Å². The summed E-state index contributed by atoms with van der Waals surface area (Å²) >= 11 is 0. The minimum Gasteiger partial charge on any atom is -0.437 e. The second-order valence-corrected chi connectivity index (χ2v) is 4.73. The van der Waals surface area contributed by atoms with E-state index in [-0.39, 0.29) is 12.0 Å². The Balaban J connectivity index is 2.84. The molecule has 0 aromatic heterocycles. The Morgan fingerprint density at radius 3 is 2.29 bits per heavy atom. The summed E-state index contributed by atoms with van der Waals surface area (Å²) in [6.45, 7) is 4.56. The predicted octanol–water partition coefficient (Wildman–Crippen LogP) is -0.411. The molecule has 0 saturated carbocycles. The molecule has 1 saturated heterocycles. The van der Waals surface area contributed by atoms with Gasteiger partial charge in [-0.05, 0) is 5.92 Å². The standard InChI is InChI=1S/C12H24O5/c1-4-7(5-2)9-8(6-16-3)17-12(15)11(14)10(9)13/h7-15H,4-6H2,1-3H3/p+2/t8?,9-,10?,11?,12+/m1/s1. The summed E-state index contributed by atoms with van der Waals surface area (Å²) in [7, 11) is 1.59. The number of hydrogen-bond acceptors (Lipinski definition) is 3. The highest BCUT2D eigenvalue weighted by Gasteiger charge is 2.52. The molecular formula is C12H26O5+2. The maximum absolute atomic E-state index is 9.60. The van der Waals surface area contributed by atoms with Gasteiger partial charge in [0.25, 0.3) is 6.10 Å². The second-order valence-electron chi connectivity index (χ2n) is 4.73. The molecule has 3 unspecified atom stereocenters. The third-order valence-corrected chi connectivity index (χ3v) is 3.78. The number of methoxy groups -OCH3 is 1. The summed E-state index contributed by atoms with van der Waals surface area (Å²) < 4.78 is 10.5. The average Bonchev–Trinajstić information content (AvgIpc) is 2.32. The first kappa shape index (κ1) is 14.9. The Morgan fingerprint density at radius 2 is 1.82 bits per heavy atom. The maximum atomic E-state index is 9.60. The summed E-state index contributed by atoms with van der Waals surface area (Å²) in [6.07, 6.45) is -1.00. The van der Waals surface area contributed by atoms with Gasteiger partial charge >= 0.3 is 0 Å². The lowest BCUT2D eigenvalue weighted by atomic mass is 9.77. The Hall–Kier alpha value is -0.200. The molecule has 5 nitrogen and oxygen atoms in total. The van der Waals surface area contributed by atoms with Crippen LogP contribution < -0.4 is 0 Å². The van der Waals surface area contributed by atoms with Crippen molar-refractivity contribution in [1.29, 1.82) is 0 Å². The highest BCUT2D eigenvalue weighted by Crippen LogP contribution is 2.34. The van der Waals surface area contributed by atoms with Gasteiger partial charge in [-0.15, -0.1) is 0 Å². The molecule has 0 aromatic carbocycles. The van der Waals surface area contributed by atoms with Gasteiger partial charge in [-0.3, -0.25) is 0 Å².